The van der Waals surface area contributed by atoms with Gasteiger partial charge in [0.25, 0.3) is 0 Å². The molecule has 0 fully saturated rings. The zero-order chi connectivity index (χ0) is 15.5. The summed E-state index contributed by atoms with van der Waals surface area (Å²) >= 11 is 1.23. The van der Waals surface area contributed by atoms with Crippen molar-refractivity contribution in [2.45, 2.75) is 19.0 Å². The van der Waals surface area contributed by atoms with Gasteiger partial charge in [0.15, 0.2) is 0 Å². The fraction of sp³-hybridized carbons (Fsp3) is 0.385. The maximum absolute atomic E-state index is 12.8. The molecule has 1 heterocycles. The first kappa shape index (κ1) is 15.7. The standard InChI is InChI=1S/C13H13F4N3S/c1-20(7-6-13(15,16)17)12-19-18-11(21-12)8-9-2-4-10(14)5-3-9/h2-5H,6-8H2,1H3. The SMILES string of the molecule is CN(CCC(F)(F)F)c1nnc(Cc2ccc(F)cc2)s1. The van der Waals surface area contributed by atoms with E-state index in [0.29, 0.717) is 16.6 Å². The molecular weight excluding hydrogens is 306 g/mol. The minimum atomic E-state index is -4.18. The van der Waals surface area contributed by atoms with Gasteiger partial charge in [-0.15, -0.1) is 10.2 Å². The van der Waals surface area contributed by atoms with Gasteiger partial charge >= 0.3 is 6.18 Å². The molecule has 0 amide bonds. The van der Waals surface area contributed by atoms with Crippen LogP contribution in [0.1, 0.15) is 17.0 Å². The summed E-state index contributed by atoms with van der Waals surface area (Å²) in [6.45, 7) is -0.158. The Hall–Kier alpha value is -1.70. The van der Waals surface area contributed by atoms with Gasteiger partial charge in [-0.3, -0.25) is 0 Å². The van der Waals surface area contributed by atoms with Crippen LogP contribution >= 0.6 is 11.3 Å². The van der Waals surface area contributed by atoms with Gasteiger partial charge < -0.3 is 4.90 Å². The summed E-state index contributed by atoms with van der Waals surface area (Å²) in [5.74, 6) is -0.316. The molecule has 8 heteroatoms. The lowest BCUT2D eigenvalue weighted by molar-refractivity contribution is -0.132. The van der Waals surface area contributed by atoms with Gasteiger partial charge in [-0.1, -0.05) is 23.5 Å². The first-order valence-electron chi connectivity index (χ1n) is 6.18. The zero-order valence-corrected chi connectivity index (χ0v) is 12.0. The monoisotopic (exact) mass is 319 g/mol. The summed E-state index contributed by atoms with van der Waals surface area (Å²) in [4.78, 5) is 1.43. The zero-order valence-electron chi connectivity index (χ0n) is 11.2. The molecule has 114 valence electrons. The minimum Gasteiger partial charge on any atom is -0.349 e. The molecule has 0 unspecified atom stereocenters. The van der Waals surface area contributed by atoms with Crippen molar-refractivity contribution in [3.05, 3.63) is 40.7 Å². The number of alkyl halides is 3. The molecule has 0 aliphatic rings. The Balaban J connectivity index is 1.96. The van der Waals surface area contributed by atoms with Gasteiger partial charge in [-0.25, -0.2) is 4.39 Å². The van der Waals surface area contributed by atoms with Crippen molar-refractivity contribution in [1.82, 2.24) is 10.2 Å². The predicted molar refractivity (Wildman–Crippen MR) is 73.1 cm³/mol. The summed E-state index contributed by atoms with van der Waals surface area (Å²) in [5, 5.41) is 8.95. The van der Waals surface area contributed by atoms with Crippen molar-refractivity contribution >= 4 is 16.5 Å². The van der Waals surface area contributed by atoms with E-state index in [-0.39, 0.29) is 12.4 Å². The van der Waals surface area contributed by atoms with Crippen LogP contribution in [0.5, 0.6) is 0 Å². The highest BCUT2D eigenvalue weighted by atomic mass is 32.1. The molecule has 0 radical (unpaired) electrons. The Kier molecular flexibility index (Phi) is 4.76. The molecule has 0 aliphatic carbocycles. The number of aromatic nitrogens is 2. The average molecular weight is 319 g/mol. The Morgan fingerprint density at radius 2 is 1.81 bits per heavy atom. The van der Waals surface area contributed by atoms with E-state index in [0.717, 1.165) is 5.56 Å². The van der Waals surface area contributed by atoms with Crippen LogP contribution in [0.4, 0.5) is 22.7 Å². The summed E-state index contributed by atoms with van der Waals surface area (Å²) in [6.07, 6.45) is -4.60. The largest absolute Gasteiger partial charge is 0.390 e. The van der Waals surface area contributed by atoms with Crippen LogP contribution in [0.25, 0.3) is 0 Å². The summed E-state index contributed by atoms with van der Waals surface area (Å²) in [7, 11) is 1.55. The lowest BCUT2D eigenvalue weighted by Crippen LogP contribution is -2.23. The van der Waals surface area contributed by atoms with Crippen molar-refractivity contribution in [3.63, 3.8) is 0 Å². The smallest absolute Gasteiger partial charge is 0.349 e. The Morgan fingerprint density at radius 3 is 2.43 bits per heavy atom. The van der Waals surface area contributed by atoms with E-state index in [2.05, 4.69) is 10.2 Å². The van der Waals surface area contributed by atoms with Gasteiger partial charge in [0.05, 0.1) is 6.42 Å². The molecule has 0 atom stereocenters. The molecule has 2 rings (SSSR count). The second-order valence-electron chi connectivity index (χ2n) is 4.57. The van der Waals surface area contributed by atoms with E-state index >= 15 is 0 Å². The highest BCUT2D eigenvalue weighted by molar-refractivity contribution is 7.15. The molecule has 0 N–H and O–H groups in total. The van der Waals surface area contributed by atoms with Gasteiger partial charge in [0.1, 0.15) is 10.8 Å². The normalized spacial score (nSPS) is 11.7. The van der Waals surface area contributed by atoms with E-state index < -0.39 is 12.6 Å². The maximum atomic E-state index is 12.8. The predicted octanol–water partition coefficient (Wildman–Crippen LogP) is 3.66. The van der Waals surface area contributed by atoms with Crippen LogP contribution in [0, 0.1) is 5.82 Å². The van der Waals surface area contributed by atoms with Gasteiger partial charge in [-0.2, -0.15) is 13.2 Å². The third-order valence-corrected chi connectivity index (χ3v) is 3.82. The Bertz CT molecular complexity index is 580. The third kappa shape index (κ3) is 4.96. The van der Waals surface area contributed by atoms with Crippen LogP contribution in [0.15, 0.2) is 24.3 Å². The molecule has 21 heavy (non-hydrogen) atoms. The molecule has 1 aromatic heterocycles. The summed E-state index contributed by atoms with van der Waals surface area (Å²) < 4.78 is 49.3. The first-order valence-corrected chi connectivity index (χ1v) is 7.00. The second-order valence-corrected chi connectivity index (χ2v) is 5.61. The topological polar surface area (TPSA) is 29.0 Å². The number of benzene rings is 1. The van der Waals surface area contributed by atoms with E-state index in [1.54, 1.807) is 19.2 Å². The van der Waals surface area contributed by atoms with E-state index in [1.807, 2.05) is 0 Å². The molecule has 0 saturated carbocycles. The van der Waals surface area contributed by atoms with Crippen LogP contribution in [0.3, 0.4) is 0 Å². The number of rotatable bonds is 5. The van der Waals surface area contributed by atoms with E-state index in [4.69, 9.17) is 0 Å². The number of anilines is 1. The molecule has 0 aliphatic heterocycles. The van der Waals surface area contributed by atoms with Crippen molar-refractivity contribution in [1.29, 1.82) is 0 Å². The minimum absolute atomic E-state index is 0.158. The molecular formula is C13H13F4N3S. The molecule has 0 spiro atoms. The van der Waals surface area contributed by atoms with E-state index in [1.165, 1.54) is 28.4 Å². The maximum Gasteiger partial charge on any atom is 0.390 e. The molecule has 1 aromatic carbocycles. The van der Waals surface area contributed by atoms with Gasteiger partial charge in [0.2, 0.25) is 5.13 Å². The summed E-state index contributed by atoms with van der Waals surface area (Å²) in [5.41, 5.74) is 0.872. The number of hydrogen-bond acceptors (Lipinski definition) is 4. The lowest BCUT2D eigenvalue weighted by atomic mass is 10.2. The number of hydrogen-bond donors (Lipinski definition) is 0. The first-order chi connectivity index (χ1) is 9.83. The van der Waals surface area contributed by atoms with Crippen LogP contribution < -0.4 is 4.90 Å². The second kappa shape index (κ2) is 6.38. The summed E-state index contributed by atoms with van der Waals surface area (Å²) in [6, 6.07) is 5.99. The fourth-order valence-corrected chi connectivity index (χ4v) is 2.50. The van der Waals surface area contributed by atoms with Crippen molar-refractivity contribution in [2.24, 2.45) is 0 Å². The lowest BCUT2D eigenvalue weighted by Gasteiger charge is -2.15. The quantitative estimate of drug-likeness (QED) is 0.788. The van der Waals surface area contributed by atoms with Crippen molar-refractivity contribution in [2.75, 3.05) is 18.5 Å². The van der Waals surface area contributed by atoms with Crippen molar-refractivity contribution < 1.29 is 17.6 Å². The molecule has 3 nitrogen and oxygen atoms in total. The van der Waals surface area contributed by atoms with Gasteiger partial charge in [-0.05, 0) is 17.7 Å². The van der Waals surface area contributed by atoms with Crippen LogP contribution in [-0.4, -0.2) is 30.0 Å². The van der Waals surface area contributed by atoms with Crippen LogP contribution in [0.2, 0.25) is 0 Å². The average Bonchev–Trinajstić information content (AvgIpc) is 2.86. The highest BCUT2D eigenvalue weighted by Gasteiger charge is 2.27. The third-order valence-electron chi connectivity index (χ3n) is 2.78. The highest BCUT2D eigenvalue weighted by Crippen LogP contribution is 2.24. The van der Waals surface area contributed by atoms with Gasteiger partial charge in [0, 0.05) is 20.0 Å². The van der Waals surface area contributed by atoms with Crippen molar-refractivity contribution in [3.8, 4) is 0 Å². The fourth-order valence-electron chi connectivity index (χ4n) is 1.64. The molecule has 0 bridgehead atoms. The van der Waals surface area contributed by atoms with Crippen LogP contribution in [-0.2, 0) is 6.42 Å². The Morgan fingerprint density at radius 1 is 1.14 bits per heavy atom. The molecule has 2 aromatic rings. The molecule has 0 saturated heterocycles. The number of halogens is 4. The number of nitrogens with zero attached hydrogens (tertiary/aromatic N) is 3. The van der Waals surface area contributed by atoms with E-state index in [9.17, 15) is 17.6 Å². The Labute approximate surface area is 123 Å².